The standard InChI is InChI=1S/C30H43N5O4/c1-19(31-2)28(37)33-27(20-9-4-3-5-10-20)30(39)35-17-21-11-8-16-34(21)18-25(35)29(38)32-24-14-15-26(36)23-13-7-6-12-22(23)24/h6-7,12-13,19-21,24-25,27,31H,3-5,8-11,14-18H2,1-2H3,(H,32,38)(H,33,37)/t19-,21+,24+,25-,27-/m0/s1. The van der Waals surface area contributed by atoms with Gasteiger partial charge in [0.25, 0.3) is 0 Å². The van der Waals surface area contributed by atoms with E-state index < -0.39 is 18.1 Å². The number of carbonyl (C=O) groups is 4. The molecule has 1 saturated carbocycles. The normalized spacial score (nSPS) is 27.3. The molecule has 1 aromatic carbocycles. The first-order valence-electron chi connectivity index (χ1n) is 14.8. The van der Waals surface area contributed by atoms with Gasteiger partial charge in [-0.3, -0.25) is 24.1 Å². The maximum absolute atomic E-state index is 14.3. The molecule has 2 aliphatic heterocycles. The number of benzene rings is 1. The van der Waals surface area contributed by atoms with Gasteiger partial charge in [-0.15, -0.1) is 0 Å². The molecule has 4 aliphatic rings. The Morgan fingerprint density at radius 1 is 0.974 bits per heavy atom. The number of fused-ring (bicyclic) bond motifs is 2. The molecule has 5 rings (SSSR count). The first kappa shape index (κ1) is 27.8. The molecule has 1 aromatic rings. The second kappa shape index (κ2) is 12.2. The third-order valence-corrected chi connectivity index (χ3v) is 9.40. The van der Waals surface area contributed by atoms with Crippen LogP contribution in [-0.4, -0.2) is 84.2 Å². The summed E-state index contributed by atoms with van der Waals surface area (Å²) in [5, 5.41) is 9.26. The van der Waals surface area contributed by atoms with Gasteiger partial charge in [0.2, 0.25) is 17.7 Å². The zero-order valence-corrected chi connectivity index (χ0v) is 23.3. The summed E-state index contributed by atoms with van der Waals surface area (Å²) in [6.07, 6.45) is 8.05. The highest BCUT2D eigenvalue weighted by molar-refractivity contribution is 5.99. The molecule has 5 atom stereocenters. The molecule has 0 radical (unpaired) electrons. The van der Waals surface area contributed by atoms with Gasteiger partial charge in [-0.25, -0.2) is 0 Å². The van der Waals surface area contributed by atoms with Gasteiger partial charge in [-0.05, 0) is 64.1 Å². The summed E-state index contributed by atoms with van der Waals surface area (Å²) in [7, 11) is 1.73. The lowest BCUT2D eigenvalue weighted by Crippen LogP contribution is -2.66. The maximum atomic E-state index is 14.3. The summed E-state index contributed by atoms with van der Waals surface area (Å²) < 4.78 is 0. The van der Waals surface area contributed by atoms with Crippen LogP contribution >= 0.6 is 0 Å². The number of Topliss-reactive ketones (excluding diaryl/α,β-unsaturated/α-hetero) is 1. The van der Waals surface area contributed by atoms with E-state index in [0.717, 1.165) is 57.1 Å². The van der Waals surface area contributed by atoms with Crippen molar-refractivity contribution in [2.45, 2.75) is 94.9 Å². The zero-order valence-electron chi connectivity index (χ0n) is 23.3. The molecule has 9 heteroatoms. The Hall–Kier alpha value is -2.78. The predicted molar refractivity (Wildman–Crippen MR) is 148 cm³/mol. The van der Waals surface area contributed by atoms with Crippen molar-refractivity contribution in [2.75, 3.05) is 26.7 Å². The second-order valence-electron chi connectivity index (χ2n) is 11.8. The summed E-state index contributed by atoms with van der Waals surface area (Å²) >= 11 is 0. The van der Waals surface area contributed by atoms with E-state index in [1.165, 1.54) is 0 Å². The fourth-order valence-corrected chi connectivity index (χ4v) is 6.96. The van der Waals surface area contributed by atoms with E-state index in [1.807, 2.05) is 24.3 Å². The van der Waals surface area contributed by atoms with Crippen LogP contribution in [0, 0.1) is 5.92 Å². The minimum absolute atomic E-state index is 0.0702. The van der Waals surface area contributed by atoms with Gasteiger partial charge in [0.05, 0.1) is 12.1 Å². The summed E-state index contributed by atoms with van der Waals surface area (Å²) in [5.41, 5.74) is 1.52. The summed E-state index contributed by atoms with van der Waals surface area (Å²) in [6.45, 7) is 3.71. The van der Waals surface area contributed by atoms with Crippen LogP contribution < -0.4 is 16.0 Å². The van der Waals surface area contributed by atoms with Crippen LogP contribution in [0.25, 0.3) is 0 Å². The highest BCUT2D eigenvalue weighted by Crippen LogP contribution is 2.32. The Morgan fingerprint density at radius 2 is 1.74 bits per heavy atom. The van der Waals surface area contributed by atoms with E-state index >= 15 is 0 Å². The molecule has 3 fully saturated rings. The van der Waals surface area contributed by atoms with Crippen molar-refractivity contribution >= 4 is 23.5 Å². The quantitative estimate of drug-likeness (QED) is 0.492. The molecule has 2 aliphatic carbocycles. The third-order valence-electron chi connectivity index (χ3n) is 9.40. The molecule has 0 aromatic heterocycles. The Bertz CT molecular complexity index is 1090. The number of carbonyl (C=O) groups excluding carboxylic acids is 4. The minimum atomic E-state index is -0.638. The SMILES string of the molecule is CN[C@@H](C)C(=O)N[C@H](C(=O)N1C[C@H]2CCCN2C[C@H]1C(=O)N[C@@H]1CCC(=O)c2ccccc21)C1CCCCC1. The molecule has 2 heterocycles. The van der Waals surface area contributed by atoms with Crippen molar-refractivity contribution < 1.29 is 19.2 Å². The van der Waals surface area contributed by atoms with Crippen LogP contribution in [0.2, 0.25) is 0 Å². The first-order valence-corrected chi connectivity index (χ1v) is 14.8. The van der Waals surface area contributed by atoms with Gasteiger partial charge < -0.3 is 20.9 Å². The Balaban J connectivity index is 1.39. The monoisotopic (exact) mass is 537 g/mol. The summed E-state index contributed by atoms with van der Waals surface area (Å²) in [6, 6.07) is 5.78. The van der Waals surface area contributed by atoms with Crippen LogP contribution in [0.5, 0.6) is 0 Å². The molecule has 39 heavy (non-hydrogen) atoms. The van der Waals surface area contributed by atoms with Gasteiger partial charge >= 0.3 is 0 Å². The van der Waals surface area contributed by atoms with Crippen LogP contribution in [0.3, 0.4) is 0 Å². The van der Waals surface area contributed by atoms with Crippen molar-refractivity contribution in [1.29, 1.82) is 0 Å². The highest BCUT2D eigenvalue weighted by atomic mass is 16.2. The number of nitrogens with zero attached hydrogens (tertiary/aromatic N) is 2. The lowest BCUT2D eigenvalue weighted by Gasteiger charge is -2.45. The topological polar surface area (TPSA) is 111 Å². The van der Waals surface area contributed by atoms with Gasteiger partial charge in [-0.1, -0.05) is 43.5 Å². The van der Waals surface area contributed by atoms with E-state index in [1.54, 1.807) is 18.9 Å². The largest absolute Gasteiger partial charge is 0.347 e. The zero-order chi connectivity index (χ0) is 27.5. The van der Waals surface area contributed by atoms with E-state index in [-0.39, 0.29) is 41.5 Å². The predicted octanol–water partition coefficient (Wildman–Crippen LogP) is 2.17. The van der Waals surface area contributed by atoms with Crippen LogP contribution in [-0.2, 0) is 14.4 Å². The molecule has 0 bridgehead atoms. The number of hydrogen-bond donors (Lipinski definition) is 3. The summed E-state index contributed by atoms with van der Waals surface area (Å²) in [4.78, 5) is 57.8. The fourth-order valence-electron chi connectivity index (χ4n) is 6.96. The maximum Gasteiger partial charge on any atom is 0.246 e. The van der Waals surface area contributed by atoms with Crippen LogP contribution in [0.15, 0.2) is 24.3 Å². The van der Waals surface area contributed by atoms with E-state index in [0.29, 0.717) is 31.5 Å². The molecular formula is C30H43N5O4. The summed E-state index contributed by atoms with van der Waals surface area (Å²) in [5.74, 6) is -0.330. The highest BCUT2D eigenvalue weighted by Gasteiger charge is 2.45. The van der Waals surface area contributed by atoms with Crippen molar-refractivity contribution in [1.82, 2.24) is 25.8 Å². The number of likely N-dealkylation sites (N-methyl/N-ethyl adjacent to an activating group) is 1. The Morgan fingerprint density at radius 3 is 2.51 bits per heavy atom. The van der Waals surface area contributed by atoms with Crippen LogP contribution in [0.1, 0.15) is 86.7 Å². The van der Waals surface area contributed by atoms with Gasteiger partial charge in [0.1, 0.15) is 12.1 Å². The van der Waals surface area contributed by atoms with Gasteiger partial charge in [-0.2, -0.15) is 0 Å². The first-order chi connectivity index (χ1) is 18.9. The van der Waals surface area contributed by atoms with E-state index in [4.69, 9.17) is 0 Å². The fraction of sp³-hybridized carbons (Fsp3) is 0.667. The van der Waals surface area contributed by atoms with E-state index in [2.05, 4.69) is 20.9 Å². The minimum Gasteiger partial charge on any atom is -0.347 e. The number of nitrogens with one attached hydrogen (secondary N) is 3. The Kier molecular flexibility index (Phi) is 8.67. The second-order valence-corrected chi connectivity index (χ2v) is 11.8. The average Bonchev–Trinajstić information content (AvgIpc) is 3.44. The number of ketones is 1. The lowest BCUT2D eigenvalue weighted by atomic mass is 9.82. The Labute approximate surface area is 231 Å². The molecule has 0 unspecified atom stereocenters. The number of rotatable bonds is 7. The number of hydrogen-bond acceptors (Lipinski definition) is 6. The van der Waals surface area contributed by atoms with Crippen LogP contribution in [0.4, 0.5) is 0 Å². The van der Waals surface area contributed by atoms with Crippen molar-refractivity contribution in [3.05, 3.63) is 35.4 Å². The number of amides is 3. The molecule has 212 valence electrons. The number of piperazine rings is 1. The van der Waals surface area contributed by atoms with Crippen molar-refractivity contribution in [3.8, 4) is 0 Å². The third kappa shape index (κ3) is 5.89. The molecule has 0 spiro atoms. The van der Waals surface area contributed by atoms with Gasteiger partial charge in [0.15, 0.2) is 5.78 Å². The molecule has 9 nitrogen and oxygen atoms in total. The molecule has 3 N–H and O–H groups in total. The molecule has 2 saturated heterocycles. The van der Waals surface area contributed by atoms with E-state index in [9.17, 15) is 19.2 Å². The van der Waals surface area contributed by atoms with Gasteiger partial charge in [0, 0.05) is 31.1 Å². The van der Waals surface area contributed by atoms with Crippen molar-refractivity contribution in [3.63, 3.8) is 0 Å². The average molecular weight is 538 g/mol. The lowest BCUT2D eigenvalue weighted by molar-refractivity contribution is -0.149. The van der Waals surface area contributed by atoms with Crippen molar-refractivity contribution in [2.24, 2.45) is 5.92 Å². The smallest absolute Gasteiger partial charge is 0.246 e. The molecule has 3 amide bonds. The molecular weight excluding hydrogens is 494 g/mol.